The van der Waals surface area contributed by atoms with E-state index >= 15 is 0 Å². The average Bonchev–Trinajstić information content (AvgIpc) is 3.36. The molecule has 3 aromatic rings. The zero-order valence-electron chi connectivity index (χ0n) is 25.8. The topological polar surface area (TPSA) is 0 Å². The van der Waals surface area contributed by atoms with Gasteiger partial charge in [-0.3, -0.25) is 0 Å². The Morgan fingerprint density at radius 2 is 1.32 bits per heavy atom. The van der Waals surface area contributed by atoms with Gasteiger partial charge in [0, 0.05) is 0 Å². The first-order valence-electron chi connectivity index (χ1n) is 13.4. The third-order valence-corrected chi connectivity index (χ3v) is 6.56. The summed E-state index contributed by atoms with van der Waals surface area (Å²) < 4.78 is 1.51. The molecule has 0 spiro atoms. The number of hydrogen-bond acceptors (Lipinski definition) is 0. The van der Waals surface area contributed by atoms with Crippen LogP contribution in [0, 0.1) is 6.07 Å². The maximum absolute atomic E-state index is 3.67. The van der Waals surface area contributed by atoms with E-state index in [0.717, 1.165) is 12.8 Å². The zero-order chi connectivity index (χ0) is 27.5. The molecule has 0 atom stereocenters. The van der Waals surface area contributed by atoms with Gasteiger partial charge in [-0.2, -0.15) is 47.0 Å². The summed E-state index contributed by atoms with van der Waals surface area (Å²) in [7, 11) is 0. The predicted octanol–water partition coefficient (Wildman–Crippen LogP) is 3.67. The minimum atomic E-state index is 0. The molecule has 0 saturated heterocycles. The Bertz CT molecular complexity index is 1110. The van der Waals surface area contributed by atoms with Crippen molar-refractivity contribution >= 4 is 3.21 Å². The van der Waals surface area contributed by atoms with Gasteiger partial charge in [-0.15, -0.1) is 11.1 Å². The molecule has 0 heterocycles. The molecule has 1 aliphatic carbocycles. The molecule has 0 amide bonds. The van der Waals surface area contributed by atoms with E-state index in [1.54, 1.807) is 24.2 Å². The van der Waals surface area contributed by atoms with Gasteiger partial charge in [-0.05, 0) is 28.4 Å². The SMILES string of the molecule is CC(C)(C)c1[c-]c2c(cc1)-c1ccc(C(C)(C)C)cc1C2.CCc1cc(C(C)(C)C)c[cH-]1.C[C](C)=[Zr+2].[Cl-].[Cl-]. The fourth-order valence-corrected chi connectivity index (χ4v) is 4.21. The van der Waals surface area contributed by atoms with Crippen molar-refractivity contribution in [1.82, 2.24) is 0 Å². The molecule has 0 fully saturated rings. The van der Waals surface area contributed by atoms with E-state index < -0.39 is 0 Å². The van der Waals surface area contributed by atoms with Crippen LogP contribution in [0.4, 0.5) is 0 Å². The molecule has 0 aliphatic heterocycles. The maximum atomic E-state index is 3.67. The maximum Gasteiger partial charge on any atom is -1.00 e. The third-order valence-electron chi connectivity index (χ3n) is 6.56. The number of fused-ring (bicyclic) bond motifs is 3. The van der Waals surface area contributed by atoms with E-state index in [9.17, 15) is 0 Å². The summed E-state index contributed by atoms with van der Waals surface area (Å²) in [5, 5.41) is 0. The molecule has 208 valence electrons. The van der Waals surface area contributed by atoms with Crippen molar-refractivity contribution < 1.29 is 49.0 Å². The Morgan fingerprint density at radius 1 is 0.789 bits per heavy atom. The fraction of sp³-hybridized carbons (Fsp3) is 0.486. The van der Waals surface area contributed by atoms with E-state index in [1.807, 2.05) is 0 Å². The molecular weight excluding hydrogens is 583 g/mol. The van der Waals surface area contributed by atoms with E-state index in [-0.39, 0.29) is 35.6 Å². The van der Waals surface area contributed by atoms with Crippen LogP contribution in [0.25, 0.3) is 11.1 Å². The second-order valence-electron chi connectivity index (χ2n) is 13.4. The quantitative estimate of drug-likeness (QED) is 0.282. The van der Waals surface area contributed by atoms with Crippen molar-refractivity contribution in [2.75, 3.05) is 0 Å². The van der Waals surface area contributed by atoms with Crippen LogP contribution in [0.15, 0.2) is 48.5 Å². The first kappa shape index (κ1) is 37.1. The largest absolute Gasteiger partial charge is 1.00 e. The van der Waals surface area contributed by atoms with E-state index in [0.29, 0.717) is 5.41 Å². The van der Waals surface area contributed by atoms with Gasteiger partial charge in [0.1, 0.15) is 0 Å². The van der Waals surface area contributed by atoms with Gasteiger partial charge >= 0.3 is 41.3 Å². The fourth-order valence-electron chi connectivity index (χ4n) is 4.21. The molecule has 3 aromatic carbocycles. The zero-order valence-corrected chi connectivity index (χ0v) is 29.8. The van der Waals surface area contributed by atoms with Crippen molar-refractivity contribution in [1.29, 1.82) is 0 Å². The molecule has 0 bridgehead atoms. The van der Waals surface area contributed by atoms with Crippen molar-refractivity contribution in [2.24, 2.45) is 0 Å². The molecule has 0 aromatic heterocycles. The van der Waals surface area contributed by atoms with Gasteiger partial charge < -0.3 is 24.8 Å². The normalized spacial score (nSPS) is 11.9. The van der Waals surface area contributed by atoms with Gasteiger partial charge in [0.05, 0.1) is 0 Å². The van der Waals surface area contributed by atoms with Crippen LogP contribution in [0.2, 0.25) is 0 Å². The van der Waals surface area contributed by atoms with Gasteiger partial charge in [0.2, 0.25) is 0 Å². The van der Waals surface area contributed by atoms with Crippen molar-refractivity contribution in [3.05, 3.63) is 88.0 Å². The molecule has 0 N–H and O–H groups in total. The molecule has 3 heteroatoms. The van der Waals surface area contributed by atoms with Crippen LogP contribution in [0.1, 0.15) is 116 Å². The minimum absolute atomic E-state index is 0. The Labute approximate surface area is 261 Å². The third kappa shape index (κ3) is 10.6. The van der Waals surface area contributed by atoms with Crippen LogP contribution in [-0.4, -0.2) is 3.21 Å². The summed E-state index contributed by atoms with van der Waals surface area (Å²) in [6.07, 6.45) is 2.18. The van der Waals surface area contributed by atoms with Crippen LogP contribution in [0.3, 0.4) is 0 Å². The second-order valence-corrected chi connectivity index (χ2v) is 15.9. The van der Waals surface area contributed by atoms with Crippen LogP contribution < -0.4 is 24.8 Å². The molecule has 0 unspecified atom stereocenters. The molecule has 0 saturated carbocycles. The standard InChI is InChI=1S/C21H25.C11H17.C3H6.2ClH.Zr/c1-20(2,3)16-7-9-18-14(12-16)11-15-13-17(21(4,5)6)8-10-19(15)18;1-5-9-6-7-10(8-9)11(2,3)4;1-3-2;;;/h7-10,12H,11H2,1-6H3;6-8H,5H2,1-4H3;1-2H3;2*1H;/q2*-1;;;;+2/p-2. The molecule has 1 aliphatic rings. The Morgan fingerprint density at radius 3 is 1.74 bits per heavy atom. The van der Waals surface area contributed by atoms with E-state index in [1.165, 1.54) is 47.7 Å². The molecule has 38 heavy (non-hydrogen) atoms. The number of rotatable bonds is 1. The summed E-state index contributed by atoms with van der Waals surface area (Å²) in [5.74, 6) is 0. The molecule has 4 rings (SSSR count). The second kappa shape index (κ2) is 14.7. The Hall–Kier alpha value is -0.877. The monoisotopic (exact) mass is 628 g/mol. The number of aryl methyl sites for hydroxylation is 1. The smallest absolute Gasteiger partial charge is 1.00 e. The van der Waals surface area contributed by atoms with Gasteiger partial charge in [0.15, 0.2) is 0 Å². The average molecular weight is 631 g/mol. The molecule has 0 radical (unpaired) electrons. The summed E-state index contributed by atoms with van der Waals surface area (Å²) in [6.45, 7) is 26.8. The number of hydrogen-bond donors (Lipinski definition) is 0. The first-order chi connectivity index (χ1) is 16.4. The van der Waals surface area contributed by atoms with E-state index in [4.69, 9.17) is 0 Å². The van der Waals surface area contributed by atoms with Gasteiger partial charge in [-0.1, -0.05) is 105 Å². The molecule has 0 nitrogen and oxygen atoms in total. The van der Waals surface area contributed by atoms with Crippen molar-refractivity contribution in [3.8, 4) is 11.1 Å². The van der Waals surface area contributed by atoms with E-state index in [2.05, 4.69) is 138 Å². The summed E-state index contributed by atoms with van der Waals surface area (Å²) >= 11 is 1.55. The number of halogens is 2. The van der Waals surface area contributed by atoms with Gasteiger partial charge in [0.25, 0.3) is 0 Å². The van der Waals surface area contributed by atoms with Crippen LogP contribution in [-0.2, 0) is 53.3 Å². The van der Waals surface area contributed by atoms with Crippen LogP contribution >= 0.6 is 0 Å². The predicted molar refractivity (Wildman–Crippen MR) is 157 cm³/mol. The van der Waals surface area contributed by atoms with Crippen molar-refractivity contribution in [3.63, 3.8) is 0 Å². The summed E-state index contributed by atoms with van der Waals surface area (Å²) in [6, 6.07) is 21.9. The van der Waals surface area contributed by atoms with Crippen molar-refractivity contribution in [2.45, 2.75) is 112 Å². The van der Waals surface area contributed by atoms with Gasteiger partial charge in [-0.25, -0.2) is 6.07 Å². The first-order valence-corrected chi connectivity index (χ1v) is 14.6. The Balaban J connectivity index is 0.000000684. The molecular formula is C35H48Cl2Zr-2. The minimum Gasteiger partial charge on any atom is -1.00 e. The summed E-state index contributed by atoms with van der Waals surface area (Å²) in [5.41, 5.74) is 11.9. The van der Waals surface area contributed by atoms with Crippen LogP contribution in [0.5, 0.6) is 0 Å². The number of benzene rings is 2. The summed E-state index contributed by atoms with van der Waals surface area (Å²) in [4.78, 5) is 0. The Kier molecular flexibility index (Phi) is 14.3.